The molecule has 2 rings (SSSR count). The van der Waals surface area contributed by atoms with E-state index in [2.05, 4.69) is 48.2 Å². The molecule has 0 bridgehead atoms. The molecule has 3 heteroatoms. The van der Waals surface area contributed by atoms with E-state index in [4.69, 9.17) is 4.52 Å². The van der Waals surface area contributed by atoms with Crippen LogP contribution in [-0.4, -0.2) is 29.7 Å². The lowest BCUT2D eigenvalue weighted by Gasteiger charge is -2.17. The molecule has 0 fully saturated rings. The van der Waals surface area contributed by atoms with Gasteiger partial charge in [0.05, 0.1) is 5.69 Å². The molecule has 0 aliphatic rings. The molecule has 0 atom stereocenters. The van der Waals surface area contributed by atoms with Crippen LogP contribution in [0, 0.1) is 13.8 Å². The minimum atomic E-state index is 0.892. The maximum atomic E-state index is 5.26. The van der Waals surface area contributed by atoms with Gasteiger partial charge in [0.25, 0.3) is 0 Å². The Labute approximate surface area is 121 Å². The Morgan fingerprint density at radius 1 is 1.15 bits per heavy atom. The first-order valence-corrected chi connectivity index (χ1v) is 7.40. The molecule has 1 aromatic heterocycles. The van der Waals surface area contributed by atoms with Crippen LogP contribution in [-0.2, 0) is 6.42 Å². The molecule has 1 heterocycles. The Kier molecular flexibility index (Phi) is 4.96. The second-order valence-electron chi connectivity index (χ2n) is 5.18. The molecular weight excluding hydrogens is 248 g/mol. The van der Waals surface area contributed by atoms with Gasteiger partial charge in [0.1, 0.15) is 5.76 Å². The SMILES string of the molecule is CCN(CC)CCc1cccc(-c2c(C)noc2C)c1. The standard InChI is InChI=1S/C17H24N2O/c1-5-19(6-2)11-10-15-8-7-9-16(12-15)17-13(3)18-20-14(17)4/h7-9,12H,5-6,10-11H2,1-4H3. The number of aryl methyl sites for hydroxylation is 2. The van der Waals surface area contributed by atoms with Crippen molar-refractivity contribution < 1.29 is 4.52 Å². The third kappa shape index (κ3) is 3.28. The third-order valence-electron chi connectivity index (χ3n) is 3.86. The third-order valence-corrected chi connectivity index (χ3v) is 3.86. The quantitative estimate of drug-likeness (QED) is 0.800. The lowest BCUT2D eigenvalue weighted by molar-refractivity contribution is 0.308. The summed E-state index contributed by atoms with van der Waals surface area (Å²) in [6.07, 6.45) is 1.08. The molecule has 0 N–H and O–H groups in total. The zero-order valence-corrected chi connectivity index (χ0v) is 12.9. The summed E-state index contributed by atoms with van der Waals surface area (Å²) in [7, 11) is 0. The fourth-order valence-corrected chi connectivity index (χ4v) is 2.60. The number of benzene rings is 1. The van der Waals surface area contributed by atoms with Crippen LogP contribution in [0.25, 0.3) is 11.1 Å². The van der Waals surface area contributed by atoms with E-state index in [0.29, 0.717) is 0 Å². The fraction of sp³-hybridized carbons (Fsp3) is 0.471. The van der Waals surface area contributed by atoms with Gasteiger partial charge in [0, 0.05) is 12.1 Å². The molecule has 0 amide bonds. The average Bonchev–Trinajstić information content (AvgIpc) is 2.79. The molecule has 2 aromatic rings. The number of hydrogen-bond acceptors (Lipinski definition) is 3. The summed E-state index contributed by atoms with van der Waals surface area (Å²) in [6, 6.07) is 8.72. The van der Waals surface area contributed by atoms with Gasteiger partial charge in [-0.15, -0.1) is 0 Å². The van der Waals surface area contributed by atoms with E-state index < -0.39 is 0 Å². The van der Waals surface area contributed by atoms with Crippen molar-refractivity contribution in [1.82, 2.24) is 10.1 Å². The summed E-state index contributed by atoms with van der Waals surface area (Å²) in [5, 5.41) is 4.04. The largest absolute Gasteiger partial charge is 0.361 e. The van der Waals surface area contributed by atoms with Crippen molar-refractivity contribution in [3.63, 3.8) is 0 Å². The molecule has 20 heavy (non-hydrogen) atoms. The Balaban J connectivity index is 2.16. The normalized spacial score (nSPS) is 11.2. The maximum absolute atomic E-state index is 5.26. The first-order chi connectivity index (χ1) is 9.65. The van der Waals surface area contributed by atoms with E-state index in [0.717, 1.165) is 43.1 Å². The van der Waals surface area contributed by atoms with Crippen LogP contribution < -0.4 is 0 Å². The highest BCUT2D eigenvalue weighted by atomic mass is 16.5. The Morgan fingerprint density at radius 2 is 1.90 bits per heavy atom. The van der Waals surface area contributed by atoms with Gasteiger partial charge < -0.3 is 9.42 Å². The van der Waals surface area contributed by atoms with Crippen molar-refractivity contribution in [2.45, 2.75) is 34.1 Å². The molecule has 3 nitrogen and oxygen atoms in total. The molecule has 0 saturated carbocycles. The summed E-state index contributed by atoms with van der Waals surface area (Å²) in [5.41, 5.74) is 4.67. The molecule has 0 aliphatic heterocycles. The van der Waals surface area contributed by atoms with Gasteiger partial charge in [-0.2, -0.15) is 0 Å². The van der Waals surface area contributed by atoms with Crippen LogP contribution in [0.5, 0.6) is 0 Å². The van der Waals surface area contributed by atoms with Crippen molar-refractivity contribution in [2.24, 2.45) is 0 Å². The lowest BCUT2D eigenvalue weighted by Crippen LogP contribution is -2.25. The predicted octanol–water partition coefficient (Wildman–Crippen LogP) is 3.84. The highest BCUT2D eigenvalue weighted by molar-refractivity contribution is 5.68. The van der Waals surface area contributed by atoms with Crippen molar-refractivity contribution in [3.05, 3.63) is 41.3 Å². The lowest BCUT2D eigenvalue weighted by atomic mass is 10.0. The van der Waals surface area contributed by atoms with E-state index in [9.17, 15) is 0 Å². The Morgan fingerprint density at radius 3 is 2.50 bits per heavy atom. The molecule has 108 valence electrons. The number of hydrogen-bond donors (Lipinski definition) is 0. The summed E-state index contributed by atoms with van der Waals surface area (Å²) in [6.45, 7) is 11.7. The van der Waals surface area contributed by atoms with Gasteiger partial charge >= 0.3 is 0 Å². The van der Waals surface area contributed by atoms with Crippen LogP contribution in [0.3, 0.4) is 0 Å². The number of aromatic nitrogens is 1. The van der Waals surface area contributed by atoms with Gasteiger partial charge in [-0.1, -0.05) is 43.3 Å². The van der Waals surface area contributed by atoms with Gasteiger partial charge in [-0.25, -0.2) is 0 Å². The van der Waals surface area contributed by atoms with Crippen molar-refractivity contribution in [1.29, 1.82) is 0 Å². The van der Waals surface area contributed by atoms with Crippen LogP contribution in [0.1, 0.15) is 30.9 Å². The van der Waals surface area contributed by atoms with Crippen molar-refractivity contribution in [2.75, 3.05) is 19.6 Å². The maximum Gasteiger partial charge on any atom is 0.141 e. The minimum absolute atomic E-state index is 0.892. The van der Waals surface area contributed by atoms with Gasteiger partial charge in [-0.3, -0.25) is 0 Å². The average molecular weight is 272 g/mol. The van der Waals surface area contributed by atoms with Crippen LogP contribution in [0.4, 0.5) is 0 Å². The van der Waals surface area contributed by atoms with E-state index in [-0.39, 0.29) is 0 Å². The Bertz CT molecular complexity index is 536. The minimum Gasteiger partial charge on any atom is -0.361 e. The van der Waals surface area contributed by atoms with E-state index in [1.807, 2.05) is 13.8 Å². The van der Waals surface area contributed by atoms with E-state index in [1.165, 1.54) is 11.1 Å². The fourth-order valence-electron chi connectivity index (χ4n) is 2.60. The first-order valence-electron chi connectivity index (χ1n) is 7.40. The van der Waals surface area contributed by atoms with Crippen molar-refractivity contribution >= 4 is 0 Å². The summed E-state index contributed by atoms with van der Waals surface area (Å²) in [5.74, 6) is 0.892. The predicted molar refractivity (Wildman–Crippen MR) is 82.9 cm³/mol. The summed E-state index contributed by atoms with van der Waals surface area (Å²) in [4.78, 5) is 2.45. The summed E-state index contributed by atoms with van der Waals surface area (Å²) >= 11 is 0. The molecular formula is C17H24N2O. The van der Waals surface area contributed by atoms with Crippen LogP contribution in [0.15, 0.2) is 28.8 Å². The number of nitrogens with zero attached hydrogens (tertiary/aromatic N) is 2. The highest BCUT2D eigenvalue weighted by Gasteiger charge is 2.11. The number of rotatable bonds is 6. The number of likely N-dealkylation sites (N-methyl/N-ethyl adjacent to an activating group) is 1. The second-order valence-corrected chi connectivity index (χ2v) is 5.18. The van der Waals surface area contributed by atoms with E-state index >= 15 is 0 Å². The Hall–Kier alpha value is -1.61. The topological polar surface area (TPSA) is 29.3 Å². The van der Waals surface area contributed by atoms with Gasteiger partial charge in [0.15, 0.2) is 0 Å². The smallest absolute Gasteiger partial charge is 0.141 e. The van der Waals surface area contributed by atoms with Crippen LogP contribution in [0.2, 0.25) is 0 Å². The molecule has 1 aromatic carbocycles. The van der Waals surface area contributed by atoms with Crippen molar-refractivity contribution in [3.8, 4) is 11.1 Å². The molecule has 0 aliphatic carbocycles. The highest BCUT2D eigenvalue weighted by Crippen LogP contribution is 2.27. The van der Waals surface area contributed by atoms with E-state index in [1.54, 1.807) is 0 Å². The zero-order chi connectivity index (χ0) is 14.5. The second kappa shape index (κ2) is 6.71. The first kappa shape index (κ1) is 14.8. The van der Waals surface area contributed by atoms with Crippen LogP contribution >= 0.6 is 0 Å². The molecule has 0 unspecified atom stereocenters. The molecule has 0 spiro atoms. The zero-order valence-electron chi connectivity index (χ0n) is 12.9. The molecule has 0 radical (unpaired) electrons. The van der Waals surface area contributed by atoms with Gasteiger partial charge in [-0.05, 0) is 44.5 Å². The molecule has 0 saturated heterocycles. The monoisotopic (exact) mass is 272 g/mol. The summed E-state index contributed by atoms with van der Waals surface area (Å²) < 4.78 is 5.26. The van der Waals surface area contributed by atoms with Gasteiger partial charge in [0.2, 0.25) is 0 Å².